The maximum atomic E-state index is 12.2. The Morgan fingerprint density at radius 1 is 1.06 bits per heavy atom. The highest BCUT2D eigenvalue weighted by Gasteiger charge is 2.29. The van der Waals surface area contributed by atoms with Gasteiger partial charge in [0.2, 0.25) is 5.91 Å². The summed E-state index contributed by atoms with van der Waals surface area (Å²) in [5.74, 6) is 0.186. The van der Waals surface area contributed by atoms with Gasteiger partial charge in [-0.05, 0) is 56.2 Å². The van der Waals surface area contributed by atoms with Gasteiger partial charge in [0.25, 0.3) is 0 Å². The number of fused-ring (bicyclic) bond motifs is 2. The minimum absolute atomic E-state index is 0.0546. The number of aromatic nitrogens is 6. The van der Waals surface area contributed by atoms with Gasteiger partial charge in [-0.3, -0.25) is 19.9 Å². The van der Waals surface area contributed by atoms with E-state index >= 15 is 0 Å². The van der Waals surface area contributed by atoms with Crippen LogP contribution >= 0.6 is 11.3 Å². The average molecular weight is 492 g/mol. The minimum Gasteiger partial charge on any atom is -0.338 e. The van der Waals surface area contributed by atoms with Crippen LogP contribution in [0.1, 0.15) is 17.7 Å². The number of carbonyl (C=O) groups is 1. The third-order valence-electron chi connectivity index (χ3n) is 6.49. The van der Waals surface area contributed by atoms with Crippen LogP contribution in [0.4, 0.5) is 5.69 Å². The Bertz CT molecular complexity index is 1780. The lowest BCUT2D eigenvalue weighted by molar-refractivity contribution is -0.117. The molecule has 3 N–H and O–H groups in total. The number of aryl methyl sites for hydroxylation is 1. The average Bonchev–Trinajstić information content (AvgIpc) is 3.30. The van der Waals surface area contributed by atoms with Crippen molar-refractivity contribution in [3.63, 3.8) is 0 Å². The summed E-state index contributed by atoms with van der Waals surface area (Å²) >= 11 is 1.77. The Balaban J connectivity index is 1.28. The maximum Gasteiger partial charge on any atom is 0.227 e. The standard InChI is InChI=1S/C27H21N7OS/c1-14-2-5-24(36-14)18-6-7-29-26-19(18)9-22(32-26)25-20-10-21(30-13-23(20)33-34-25)16-8-17(12-28-11-16)31-27(35)15-3-4-15/h2,5-13,15H,3-4H2,1H3,(H,29,32)(H,31,35)(H,33,34). The molecule has 1 fully saturated rings. The van der Waals surface area contributed by atoms with Crippen LogP contribution in [0.25, 0.3) is 55.0 Å². The molecule has 1 aliphatic rings. The van der Waals surface area contributed by atoms with Crippen molar-refractivity contribution in [3.05, 3.63) is 66.1 Å². The zero-order chi connectivity index (χ0) is 24.2. The largest absolute Gasteiger partial charge is 0.338 e. The summed E-state index contributed by atoms with van der Waals surface area (Å²) in [5.41, 5.74) is 6.74. The van der Waals surface area contributed by atoms with E-state index in [1.165, 1.54) is 9.75 Å². The molecule has 36 heavy (non-hydrogen) atoms. The van der Waals surface area contributed by atoms with E-state index in [0.29, 0.717) is 5.69 Å². The van der Waals surface area contributed by atoms with E-state index in [2.05, 4.69) is 66.6 Å². The molecule has 6 aromatic heterocycles. The quantitative estimate of drug-likeness (QED) is 0.276. The number of amides is 1. The van der Waals surface area contributed by atoms with Crippen LogP contribution in [0.2, 0.25) is 0 Å². The second-order valence-corrected chi connectivity index (χ2v) is 10.4. The minimum atomic E-state index is 0.0546. The van der Waals surface area contributed by atoms with Gasteiger partial charge >= 0.3 is 0 Å². The van der Waals surface area contributed by atoms with Gasteiger partial charge in [-0.25, -0.2) is 4.98 Å². The number of aromatic amines is 2. The van der Waals surface area contributed by atoms with E-state index in [1.807, 2.05) is 18.3 Å². The molecule has 9 heteroatoms. The fourth-order valence-electron chi connectivity index (χ4n) is 4.47. The molecule has 6 aromatic rings. The number of pyridine rings is 3. The SMILES string of the molecule is Cc1ccc(-c2ccnc3[nH]c(-c4n[nH]c5cnc(-c6cncc(NC(=O)C7CC7)c6)cc45)cc23)s1. The molecule has 0 spiro atoms. The molecule has 0 atom stereocenters. The molecular weight excluding hydrogens is 470 g/mol. The van der Waals surface area contributed by atoms with E-state index in [0.717, 1.165) is 63.0 Å². The third kappa shape index (κ3) is 3.64. The van der Waals surface area contributed by atoms with Crippen molar-refractivity contribution >= 4 is 44.9 Å². The van der Waals surface area contributed by atoms with Gasteiger partial charge in [-0.1, -0.05) is 0 Å². The zero-order valence-corrected chi connectivity index (χ0v) is 20.2. The molecule has 1 saturated carbocycles. The first-order valence-electron chi connectivity index (χ1n) is 11.8. The molecule has 7 rings (SSSR count). The van der Waals surface area contributed by atoms with Crippen LogP contribution in [-0.2, 0) is 4.79 Å². The Labute approximate surface area is 209 Å². The third-order valence-corrected chi connectivity index (χ3v) is 7.52. The van der Waals surface area contributed by atoms with Crippen LogP contribution in [0.5, 0.6) is 0 Å². The Morgan fingerprint density at radius 2 is 1.97 bits per heavy atom. The number of H-pyrrole nitrogens is 2. The second kappa shape index (κ2) is 8.10. The topological polar surface area (TPSA) is 112 Å². The van der Waals surface area contributed by atoms with E-state index in [-0.39, 0.29) is 11.8 Å². The molecule has 0 bridgehead atoms. The molecule has 0 aliphatic heterocycles. The molecule has 0 aromatic carbocycles. The van der Waals surface area contributed by atoms with Crippen LogP contribution in [-0.4, -0.2) is 36.0 Å². The van der Waals surface area contributed by atoms with E-state index in [9.17, 15) is 4.79 Å². The number of nitrogens with zero attached hydrogens (tertiary/aromatic N) is 4. The summed E-state index contributed by atoms with van der Waals surface area (Å²) in [6.07, 6.45) is 8.94. The van der Waals surface area contributed by atoms with Gasteiger partial charge in [0.15, 0.2) is 0 Å². The fourth-order valence-corrected chi connectivity index (χ4v) is 5.37. The number of nitrogens with one attached hydrogen (secondary N) is 3. The van der Waals surface area contributed by atoms with Gasteiger partial charge < -0.3 is 10.3 Å². The van der Waals surface area contributed by atoms with Crippen LogP contribution < -0.4 is 5.32 Å². The van der Waals surface area contributed by atoms with Crippen molar-refractivity contribution in [2.24, 2.45) is 5.92 Å². The molecule has 0 saturated heterocycles. The smallest absolute Gasteiger partial charge is 0.227 e. The van der Waals surface area contributed by atoms with Crippen LogP contribution in [0, 0.1) is 12.8 Å². The molecule has 8 nitrogen and oxygen atoms in total. The van der Waals surface area contributed by atoms with Gasteiger partial charge in [-0.2, -0.15) is 5.10 Å². The predicted molar refractivity (Wildman–Crippen MR) is 142 cm³/mol. The maximum absolute atomic E-state index is 12.2. The molecule has 176 valence electrons. The van der Waals surface area contributed by atoms with Crippen molar-refractivity contribution in [2.45, 2.75) is 19.8 Å². The first kappa shape index (κ1) is 21.0. The summed E-state index contributed by atoms with van der Waals surface area (Å²) < 4.78 is 0. The normalized spacial score (nSPS) is 13.5. The summed E-state index contributed by atoms with van der Waals surface area (Å²) in [6, 6.07) is 12.4. The Hall–Kier alpha value is -4.37. The van der Waals surface area contributed by atoms with E-state index in [1.54, 1.807) is 29.9 Å². The fraction of sp³-hybridized carbons (Fsp3) is 0.148. The lowest BCUT2D eigenvalue weighted by atomic mass is 10.1. The molecular formula is C27H21N7OS. The number of hydrogen-bond acceptors (Lipinski definition) is 6. The van der Waals surface area contributed by atoms with E-state index in [4.69, 9.17) is 0 Å². The summed E-state index contributed by atoms with van der Waals surface area (Å²) in [7, 11) is 0. The summed E-state index contributed by atoms with van der Waals surface area (Å²) in [4.78, 5) is 31.6. The van der Waals surface area contributed by atoms with Gasteiger partial charge in [0.1, 0.15) is 11.3 Å². The molecule has 0 radical (unpaired) electrons. The molecule has 1 amide bonds. The highest BCUT2D eigenvalue weighted by Crippen LogP contribution is 2.36. The van der Waals surface area contributed by atoms with Crippen molar-refractivity contribution in [1.82, 2.24) is 30.1 Å². The van der Waals surface area contributed by atoms with Crippen LogP contribution in [0.15, 0.2) is 61.2 Å². The van der Waals surface area contributed by atoms with Gasteiger partial charge in [-0.15, -0.1) is 11.3 Å². The monoisotopic (exact) mass is 491 g/mol. The number of rotatable bonds is 5. The van der Waals surface area contributed by atoms with Crippen molar-refractivity contribution in [3.8, 4) is 33.1 Å². The van der Waals surface area contributed by atoms with Gasteiger partial charge in [0.05, 0.1) is 35.0 Å². The molecule has 6 heterocycles. The number of carbonyl (C=O) groups excluding carboxylic acids is 1. The first-order chi connectivity index (χ1) is 17.6. The number of hydrogen-bond donors (Lipinski definition) is 3. The lowest BCUT2D eigenvalue weighted by Crippen LogP contribution is -2.13. The summed E-state index contributed by atoms with van der Waals surface area (Å²) in [6.45, 7) is 2.11. The summed E-state index contributed by atoms with van der Waals surface area (Å²) in [5, 5.41) is 12.6. The molecule has 0 unspecified atom stereocenters. The first-order valence-corrected chi connectivity index (χ1v) is 12.6. The highest BCUT2D eigenvalue weighted by atomic mass is 32.1. The highest BCUT2D eigenvalue weighted by molar-refractivity contribution is 7.15. The predicted octanol–water partition coefficient (Wildman–Crippen LogP) is 5.95. The van der Waals surface area contributed by atoms with Crippen molar-refractivity contribution in [1.29, 1.82) is 0 Å². The van der Waals surface area contributed by atoms with E-state index < -0.39 is 0 Å². The second-order valence-electron chi connectivity index (χ2n) is 9.13. The lowest BCUT2D eigenvalue weighted by Gasteiger charge is -2.06. The van der Waals surface area contributed by atoms with Crippen molar-refractivity contribution in [2.75, 3.05) is 5.32 Å². The zero-order valence-electron chi connectivity index (χ0n) is 19.4. The molecule has 1 aliphatic carbocycles. The number of thiophene rings is 1. The van der Waals surface area contributed by atoms with Crippen molar-refractivity contribution < 1.29 is 4.79 Å². The number of anilines is 1. The van der Waals surface area contributed by atoms with Gasteiger partial charge in [0, 0.05) is 50.0 Å². The Kier molecular flexibility index (Phi) is 4.71. The Morgan fingerprint density at radius 3 is 2.81 bits per heavy atom. The van der Waals surface area contributed by atoms with Crippen LogP contribution in [0.3, 0.4) is 0 Å².